The first kappa shape index (κ1) is 13.4. The van der Waals surface area contributed by atoms with Gasteiger partial charge in [0.2, 0.25) is 5.91 Å². The van der Waals surface area contributed by atoms with E-state index >= 15 is 0 Å². The molecule has 0 radical (unpaired) electrons. The number of benzene rings is 1. The van der Waals surface area contributed by atoms with Gasteiger partial charge in [-0.05, 0) is 37.8 Å². The van der Waals surface area contributed by atoms with Crippen LogP contribution in [0.15, 0.2) is 24.3 Å². The number of hydrogen-bond acceptors (Lipinski definition) is 2. The third-order valence-electron chi connectivity index (χ3n) is 3.57. The Hall–Kier alpha value is -1.06. The number of rotatable bonds is 3. The fourth-order valence-corrected chi connectivity index (χ4v) is 2.79. The molecular formula is C14H19ClN2O. The zero-order chi connectivity index (χ0) is 13.1. The zero-order valence-electron chi connectivity index (χ0n) is 10.5. The minimum absolute atomic E-state index is 0.0601. The van der Waals surface area contributed by atoms with Crippen molar-refractivity contribution < 1.29 is 4.79 Å². The highest BCUT2D eigenvalue weighted by atomic mass is 35.5. The zero-order valence-corrected chi connectivity index (χ0v) is 11.3. The standard InChI is InChI=1S/C14H19ClN2O/c1-9(12-4-2-3-5-13(12)15)17-14(18)10-6-7-11(16)8-10/h2-5,9-11H,6-8,16H2,1H3,(H,17,18). The highest BCUT2D eigenvalue weighted by molar-refractivity contribution is 6.31. The summed E-state index contributed by atoms with van der Waals surface area (Å²) in [6.45, 7) is 1.95. The lowest BCUT2D eigenvalue weighted by Crippen LogP contribution is -2.32. The molecule has 0 heterocycles. The molecule has 1 aromatic carbocycles. The van der Waals surface area contributed by atoms with E-state index in [0.29, 0.717) is 5.02 Å². The Morgan fingerprint density at radius 3 is 2.78 bits per heavy atom. The van der Waals surface area contributed by atoms with Crippen molar-refractivity contribution in [3.05, 3.63) is 34.9 Å². The Labute approximate surface area is 113 Å². The van der Waals surface area contributed by atoms with E-state index in [-0.39, 0.29) is 23.9 Å². The molecule has 1 aliphatic rings. The van der Waals surface area contributed by atoms with Gasteiger partial charge in [-0.25, -0.2) is 0 Å². The summed E-state index contributed by atoms with van der Waals surface area (Å²) >= 11 is 6.11. The molecule has 0 bridgehead atoms. The number of carbonyl (C=O) groups excluding carboxylic acids is 1. The number of halogens is 1. The van der Waals surface area contributed by atoms with Crippen LogP contribution in [-0.4, -0.2) is 11.9 Å². The number of nitrogens with two attached hydrogens (primary N) is 1. The Bertz CT molecular complexity index is 436. The second kappa shape index (κ2) is 5.72. The maximum atomic E-state index is 12.1. The molecule has 98 valence electrons. The maximum absolute atomic E-state index is 12.1. The summed E-state index contributed by atoms with van der Waals surface area (Å²) in [6, 6.07) is 7.70. The fourth-order valence-electron chi connectivity index (χ4n) is 2.49. The molecule has 0 aromatic heterocycles. The van der Waals surface area contributed by atoms with Gasteiger partial charge in [0.05, 0.1) is 6.04 Å². The van der Waals surface area contributed by atoms with E-state index in [1.807, 2.05) is 31.2 Å². The molecule has 0 aliphatic heterocycles. The van der Waals surface area contributed by atoms with E-state index < -0.39 is 0 Å². The third kappa shape index (κ3) is 3.03. The average molecular weight is 267 g/mol. The summed E-state index contributed by atoms with van der Waals surface area (Å²) in [4.78, 5) is 12.1. The van der Waals surface area contributed by atoms with E-state index in [4.69, 9.17) is 17.3 Å². The van der Waals surface area contributed by atoms with Gasteiger partial charge in [-0.15, -0.1) is 0 Å². The predicted octanol–water partition coefficient (Wildman–Crippen LogP) is 2.64. The minimum Gasteiger partial charge on any atom is -0.349 e. The van der Waals surface area contributed by atoms with Crippen LogP contribution in [0, 0.1) is 5.92 Å². The van der Waals surface area contributed by atoms with Crippen molar-refractivity contribution >= 4 is 17.5 Å². The first-order valence-corrected chi connectivity index (χ1v) is 6.76. The third-order valence-corrected chi connectivity index (χ3v) is 3.92. The van der Waals surface area contributed by atoms with Crippen LogP contribution in [0.25, 0.3) is 0 Å². The van der Waals surface area contributed by atoms with E-state index in [0.717, 1.165) is 24.8 Å². The highest BCUT2D eigenvalue weighted by Gasteiger charge is 2.28. The topological polar surface area (TPSA) is 55.1 Å². The largest absolute Gasteiger partial charge is 0.349 e. The number of amides is 1. The van der Waals surface area contributed by atoms with Crippen LogP contribution in [-0.2, 0) is 4.79 Å². The van der Waals surface area contributed by atoms with Gasteiger partial charge in [-0.2, -0.15) is 0 Å². The molecule has 18 heavy (non-hydrogen) atoms. The van der Waals surface area contributed by atoms with Gasteiger partial charge in [-0.1, -0.05) is 29.8 Å². The summed E-state index contributed by atoms with van der Waals surface area (Å²) in [5.41, 5.74) is 6.78. The molecular weight excluding hydrogens is 248 g/mol. The molecule has 1 amide bonds. The van der Waals surface area contributed by atoms with Gasteiger partial charge in [0.25, 0.3) is 0 Å². The van der Waals surface area contributed by atoms with E-state index in [2.05, 4.69) is 5.32 Å². The Morgan fingerprint density at radius 2 is 2.17 bits per heavy atom. The Kier molecular flexibility index (Phi) is 4.25. The van der Waals surface area contributed by atoms with Crippen LogP contribution >= 0.6 is 11.6 Å². The van der Waals surface area contributed by atoms with Crippen molar-refractivity contribution in [1.82, 2.24) is 5.32 Å². The predicted molar refractivity (Wildman–Crippen MR) is 73.3 cm³/mol. The monoisotopic (exact) mass is 266 g/mol. The summed E-state index contributed by atoms with van der Waals surface area (Å²) in [6.07, 6.45) is 2.63. The maximum Gasteiger partial charge on any atom is 0.223 e. The Balaban J connectivity index is 1.97. The second-order valence-corrected chi connectivity index (χ2v) is 5.43. The molecule has 0 saturated heterocycles. The molecule has 3 atom stereocenters. The molecule has 4 heteroatoms. The van der Waals surface area contributed by atoms with Gasteiger partial charge < -0.3 is 11.1 Å². The molecule has 1 aliphatic carbocycles. The van der Waals surface area contributed by atoms with Crippen molar-refractivity contribution in [3.63, 3.8) is 0 Å². The summed E-state index contributed by atoms with van der Waals surface area (Å²) in [5.74, 6) is 0.153. The molecule has 1 saturated carbocycles. The van der Waals surface area contributed by atoms with Crippen molar-refractivity contribution in [2.75, 3.05) is 0 Å². The van der Waals surface area contributed by atoms with Crippen LogP contribution < -0.4 is 11.1 Å². The summed E-state index contributed by atoms with van der Waals surface area (Å²) in [7, 11) is 0. The smallest absolute Gasteiger partial charge is 0.223 e. The SMILES string of the molecule is CC(NC(=O)C1CCC(N)C1)c1ccccc1Cl. The lowest BCUT2D eigenvalue weighted by molar-refractivity contribution is -0.125. The normalized spacial score (nSPS) is 24.8. The molecule has 3 nitrogen and oxygen atoms in total. The van der Waals surface area contributed by atoms with Gasteiger partial charge in [0, 0.05) is 17.0 Å². The molecule has 3 unspecified atom stereocenters. The lowest BCUT2D eigenvalue weighted by Gasteiger charge is -2.18. The highest BCUT2D eigenvalue weighted by Crippen LogP contribution is 2.26. The van der Waals surface area contributed by atoms with E-state index in [1.54, 1.807) is 0 Å². The van der Waals surface area contributed by atoms with Crippen molar-refractivity contribution in [2.45, 2.75) is 38.3 Å². The van der Waals surface area contributed by atoms with Gasteiger partial charge in [0.1, 0.15) is 0 Å². The number of carbonyl (C=O) groups is 1. The van der Waals surface area contributed by atoms with Crippen LogP contribution in [0.5, 0.6) is 0 Å². The number of nitrogens with one attached hydrogen (secondary N) is 1. The van der Waals surface area contributed by atoms with Crippen molar-refractivity contribution in [1.29, 1.82) is 0 Å². The molecule has 0 spiro atoms. The lowest BCUT2D eigenvalue weighted by atomic mass is 10.0. The van der Waals surface area contributed by atoms with Crippen LogP contribution in [0.1, 0.15) is 37.8 Å². The van der Waals surface area contributed by atoms with Gasteiger partial charge in [0.15, 0.2) is 0 Å². The summed E-state index contributed by atoms with van der Waals surface area (Å²) < 4.78 is 0. The summed E-state index contributed by atoms with van der Waals surface area (Å²) in [5, 5.41) is 3.71. The first-order valence-electron chi connectivity index (χ1n) is 6.38. The number of hydrogen-bond donors (Lipinski definition) is 2. The van der Waals surface area contributed by atoms with E-state index in [9.17, 15) is 4.79 Å². The molecule has 2 rings (SSSR count). The molecule has 1 fully saturated rings. The Morgan fingerprint density at radius 1 is 1.44 bits per heavy atom. The first-order chi connectivity index (χ1) is 8.58. The quantitative estimate of drug-likeness (QED) is 0.884. The van der Waals surface area contributed by atoms with Crippen LogP contribution in [0.3, 0.4) is 0 Å². The van der Waals surface area contributed by atoms with Crippen LogP contribution in [0.2, 0.25) is 5.02 Å². The molecule has 1 aromatic rings. The van der Waals surface area contributed by atoms with Crippen molar-refractivity contribution in [2.24, 2.45) is 11.7 Å². The van der Waals surface area contributed by atoms with Crippen molar-refractivity contribution in [3.8, 4) is 0 Å². The van der Waals surface area contributed by atoms with E-state index in [1.165, 1.54) is 0 Å². The second-order valence-electron chi connectivity index (χ2n) is 5.02. The average Bonchev–Trinajstić information content (AvgIpc) is 2.76. The van der Waals surface area contributed by atoms with Crippen LogP contribution in [0.4, 0.5) is 0 Å². The van der Waals surface area contributed by atoms with Gasteiger partial charge in [-0.3, -0.25) is 4.79 Å². The fraction of sp³-hybridized carbons (Fsp3) is 0.500. The molecule has 3 N–H and O–H groups in total. The van der Waals surface area contributed by atoms with Gasteiger partial charge >= 0.3 is 0 Å². The minimum atomic E-state index is -0.0666.